The van der Waals surface area contributed by atoms with Crippen molar-refractivity contribution in [2.45, 2.75) is 18.8 Å². The Morgan fingerprint density at radius 1 is 1.13 bits per heavy atom. The molecule has 0 atom stereocenters. The maximum Gasteiger partial charge on any atom is 0.254 e. The molecule has 0 aliphatic carbocycles. The first-order chi connectivity index (χ1) is 11.2. The van der Waals surface area contributed by atoms with Crippen LogP contribution in [0.15, 0.2) is 35.7 Å². The monoisotopic (exact) mass is 331 g/mol. The summed E-state index contributed by atoms with van der Waals surface area (Å²) in [6.45, 7) is 1.59. The van der Waals surface area contributed by atoms with Crippen LogP contribution in [-0.2, 0) is 0 Å². The molecule has 3 rings (SSSR count). The molecule has 2 heterocycles. The Balaban J connectivity index is 1.70. The SMILES string of the molecule is COc1cc(OC)cc(C(=O)N2CCC(c3cccs3)CC2)c1. The molecule has 1 aromatic heterocycles. The summed E-state index contributed by atoms with van der Waals surface area (Å²) in [6.07, 6.45) is 2.04. The normalized spacial score (nSPS) is 15.5. The van der Waals surface area contributed by atoms with Gasteiger partial charge in [-0.2, -0.15) is 0 Å². The highest BCUT2D eigenvalue weighted by Gasteiger charge is 2.25. The van der Waals surface area contributed by atoms with E-state index in [4.69, 9.17) is 9.47 Å². The Labute approximate surface area is 140 Å². The van der Waals surface area contributed by atoms with E-state index in [2.05, 4.69) is 17.5 Å². The molecule has 122 valence electrons. The highest BCUT2D eigenvalue weighted by atomic mass is 32.1. The van der Waals surface area contributed by atoms with Gasteiger partial charge in [-0.25, -0.2) is 0 Å². The van der Waals surface area contributed by atoms with Gasteiger partial charge in [0.2, 0.25) is 0 Å². The second-order valence-electron chi connectivity index (χ2n) is 5.68. The fourth-order valence-corrected chi connectivity index (χ4v) is 3.90. The number of benzene rings is 1. The Bertz CT molecular complexity index is 639. The number of likely N-dealkylation sites (tertiary alicyclic amines) is 1. The zero-order chi connectivity index (χ0) is 16.2. The molecule has 1 aliphatic heterocycles. The van der Waals surface area contributed by atoms with Gasteiger partial charge in [0.1, 0.15) is 11.5 Å². The average Bonchev–Trinajstić information content (AvgIpc) is 3.15. The van der Waals surface area contributed by atoms with Gasteiger partial charge in [-0.3, -0.25) is 4.79 Å². The molecule has 1 aromatic carbocycles. The third-order valence-electron chi connectivity index (χ3n) is 4.33. The Hall–Kier alpha value is -2.01. The van der Waals surface area contributed by atoms with E-state index >= 15 is 0 Å². The van der Waals surface area contributed by atoms with Gasteiger partial charge >= 0.3 is 0 Å². The minimum absolute atomic E-state index is 0.0480. The lowest BCUT2D eigenvalue weighted by atomic mass is 9.95. The molecule has 0 unspecified atom stereocenters. The van der Waals surface area contributed by atoms with E-state index in [1.807, 2.05) is 16.2 Å². The number of carbonyl (C=O) groups excluding carboxylic acids is 1. The van der Waals surface area contributed by atoms with Gasteiger partial charge in [-0.05, 0) is 42.3 Å². The Kier molecular flexibility index (Phi) is 4.86. The number of hydrogen-bond donors (Lipinski definition) is 0. The average molecular weight is 331 g/mol. The minimum atomic E-state index is 0.0480. The van der Waals surface area contributed by atoms with Gasteiger partial charge in [-0.1, -0.05) is 6.07 Å². The van der Waals surface area contributed by atoms with Crippen molar-refractivity contribution in [3.63, 3.8) is 0 Å². The number of amides is 1. The third-order valence-corrected chi connectivity index (χ3v) is 5.36. The van der Waals surface area contributed by atoms with Gasteiger partial charge in [0.15, 0.2) is 0 Å². The van der Waals surface area contributed by atoms with Crippen molar-refractivity contribution >= 4 is 17.2 Å². The van der Waals surface area contributed by atoms with Crippen LogP contribution in [-0.4, -0.2) is 38.1 Å². The van der Waals surface area contributed by atoms with Crippen LogP contribution in [0.4, 0.5) is 0 Å². The number of thiophene rings is 1. The molecule has 1 amide bonds. The van der Waals surface area contributed by atoms with Crippen molar-refractivity contribution in [2.24, 2.45) is 0 Å². The highest BCUT2D eigenvalue weighted by Crippen LogP contribution is 2.32. The zero-order valence-electron chi connectivity index (χ0n) is 13.5. The predicted octanol–water partition coefficient (Wildman–Crippen LogP) is 3.79. The predicted molar refractivity (Wildman–Crippen MR) is 91.7 cm³/mol. The van der Waals surface area contributed by atoms with Gasteiger partial charge < -0.3 is 14.4 Å². The van der Waals surface area contributed by atoms with Crippen LogP contribution in [0.5, 0.6) is 11.5 Å². The number of nitrogens with zero attached hydrogens (tertiary/aromatic N) is 1. The van der Waals surface area contributed by atoms with Crippen LogP contribution < -0.4 is 9.47 Å². The van der Waals surface area contributed by atoms with Crippen LogP contribution in [0.3, 0.4) is 0 Å². The van der Waals surface area contributed by atoms with Crippen LogP contribution in [0, 0.1) is 0 Å². The summed E-state index contributed by atoms with van der Waals surface area (Å²) >= 11 is 1.81. The minimum Gasteiger partial charge on any atom is -0.497 e. The van der Waals surface area contributed by atoms with Gasteiger partial charge in [0.25, 0.3) is 5.91 Å². The standard InChI is InChI=1S/C18H21NO3S/c1-21-15-10-14(11-16(12-15)22-2)18(20)19-7-5-13(6-8-19)17-4-3-9-23-17/h3-4,9-13H,5-8H2,1-2H3. The van der Waals surface area contributed by atoms with Gasteiger partial charge in [-0.15, -0.1) is 11.3 Å². The summed E-state index contributed by atoms with van der Waals surface area (Å²) in [7, 11) is 3.19. The number of ether oxygens (including phenoxy) is 2. The summed E-state index contributed by atoms with van der Waals surface area (Å²) in [5.41, 5.74) is 0.621. The molecular formula is C18H21NO3S. The smallest absolute Gasteiger partial charge is 0.254 e. The molecule has 0 spiro atoms. The Morgan fingerprint density at radius 3 is 2.30 bits per heavy atom. The maximum atomic E-state index is 12.7. The molecule has 0 radical (unpaired) electrons. The Morgan fingerprint density at radius 2 is 1.78 bits per heavy atom. The van der Waals surface area contributed by atoms with E-state index in [1.165, 1.54) is 4.88 Å². The first-order valence-electron chi connectivity index (χ1n) is 7.77. The van der Waals surface area contributed by atoms with Crippen LogP contribution in [0.2, 0.25) is 0 Å². The summed E-state index contributed by atoms with van der Waals surface area (Å²) in [4.78, 5) is 16.1. The molecule has 1 fully saturated rings. The number of piperidine rings is 1. The van der Waals surface area contributed by atoms with Crippen molar-refractivity contribution in [3.05, 3.63) is 46.2 Å². The van der Waals surface area contributed by atoms with Gasteiger partial charge in [0.05, 0.1) is 14.2 Å². The maximum absolute atomic E-state index is 12.7. The molecule has 2 aromatic rings. The second-order valence-corrected chi connectivity index (χ2v) is 6.66. The van der Waals surface area contributed by atoms with E-state index in [0.717, 1.165) is 25.9 Å². The van der Waals surface area contributed by atoms with E-state index < -0.39 is 0 Å². The third kappa shape index (κ3) is 3.50. The largest absolute Gasteiger partial charge is 0.497 e. The molecular weight excluding hydrogens is 310 g/mol. The van der Waals surface area contributed by atoms with Gasteiger partial charge in [0, 0.05) is 29.6 Å². The van der Waals surface area contributed by atoms with Crippen molar-refractivity contribution in [2.75, 3.05) is 27.3 Å². The topological polar surface area (TPSA) is 38.8 Å². The molecule has 5 heteroatoms. The van der Waals surface area contributed by atoms with Crippen molar-refractivity contribution in [1.82, 2.24) is 4.90 Å². The van der Waals surface area contributed by atoms with E-state index in [9.17, 15) is 4.79 Å². The van der Waals surface area contributed by atoms with E-state index in [0.29, 0.717) is 23.0 Å². The van der Waals surface area contributed by atoms with Crippen LogP contribution in [0.1, 0.15) is 34.0 Å². The fourth-order valence-electron chi connectivity index (χ4n) is 3.00. The molecule has 0 saturated carbocycles. The number of rotatable bonds is 4. The first kappa shape index (κ1) is 15.9. The van der Waals surface area contributed by atoms with Crippen LogP contribution >= 0.6 is 11.3 Å². The number of methoxy groups -OCH3 is 2. The fraction of sp³-hybridized carbons (Fsp3) is 0.389. The lowest BCUT2D eigenvalue weighted by molar-refractivity contribution is 0.0713. The number of hydrogen-bond acceptors (Lipinski definition) is 4. The lowest BCUT2D eigenvalue weighted by Gasteiger charge is -2.31. The van der Waals surface area contributed by atoms with Crippen molar-refractivity contribution in [3.8, 4) is 11.5 Å². The summed E-state index contributed by atoms with van der Waals surface area (Å²) in [5.74, 6) is 1.91. The molecule has 0 bridgehead atoms. The molecule has 1 saturated heterocycles. The summed E-state index contributed by atoms with van der Waals surface area (Å²) in [5, 5.41) is 2.12. The summed E-state index contributed by atoms with van der Waals surface area (Å²) in [6, 6.07) is 9.62. The highest BCUT2D eigenvalue weighted by molar-refractivity contribution is 7.10. The molecule has 23 heavy (non-hydrogen) atoms. The van der Waals surface area contributed by atoms with E-state index in [-0.39, 0.29) is 5.91 Å². The quantitative estimate of drug-likeness (QED) is 0.856. The molecule has 0 N–H and O–H groups in total. The summed E-state index contributed by atoms with van der Waals surface area (Å²) < 4.78 is 10.5. The number of carbonyl (C=O) groups is 1. The van der Waals surface area contributed by atoms with Crippen LogP contribution in [0.25, 0.3) is 0 Å². The van der Waals surface area contributed by atoms with E-state index in [1.54, 1.807) is 32.4 Å². The second kappa shape index (κ2) is 7.04. The molecule has 4 nitrogen and oxygen atoms in total. The van der Waals surface area contributed by atoms with Crippen molar-refractivity contribution < 1.29 is 14.3 Å². The first-order valence-corrected chi connectivity index (χ1v) is 8.65. The molecule has 1 aliphatic rings. The lowest BCUT2D eigenvalue weighted by Crippen LogP contribution is -2.37. The zero-order valence-corrected chi connectivity index (χ0v) is 14.3. The van der Waals surface area contributed by atoms with Crippen molar-refractivity contribution in [1.29, 1.82) is 0 Å².